The summed E-state index contributed by atoms with van der Waals surface area (Å²) < 4.78 is 0. The number of benzene rings is 1. The van der Waals surface area contributed by atoms with Gasteiger partial charge < -0.3 is 4.84 Å². The van der Waals surface area contributed by atoms with Crippen LogP contribution in [-0.2, 0) is 14.4 Å². The molecule has 0 aliphatic carbocycles. The quantitative estimate of drug-likeness (QED) is 0.369. The van der Waals surface area contributed by atoms with E-state index in [0.717, 1.165) is 0 Å². The highest BCUT2D eigenvalue weighted by Gasteiger charge is 2.33. The van der Waals surface area contributed by atoms with Crippen LogP contribution in [0.4, 0.5) is 5.69 Å². The molecule has 102 valence electrons. The Morgan fingerprint density at radius 3 is 2.60 bits per heavy atom. The van der Waals surface area contributed by atoms with Crippen molar-refractivity contribution in [2.75, 3.05) is 0 Å². The normalized spacial score (nSPS) is 14.2. The maximum Gasteiger partial charge on any atom is 0.363 e. The number of carbonyl (C=O) groups excluding carboxylic acids is 3. The largest absolute Gasteiger partial charge is 0.363 e. The lowest BCUT2D eigenvalue weighted by atomic mass is 10.2. The predicted octanol–water partition coefficient (Wildman–Crippen LogP) is 2.50. The minimum absolute atomic E-state index is 0.00398. The molecule has 8 nitrogen and oxygen atoms in total. The van der Waals surface area contributed by atoms with E-state index in [1.54, 1.807) is 0 Å². The maximum atomic E-state index is 11.8. The summed E-state index contributed by atoms with van der Waals surface area (Å²) in [5.41, 5.74) is 8.41. The van der Waals surface area contributed by atoms with Crippen molar-refractivity contribution >= 4 is 35.1 Å². The van der Waals surface area contributed by atoms with Crippen LogP contribution >= 0.6 is 11.6 Å². The molecule has 0 bridgehead atoms. The molecule has 0 aromatic heterocycles. The van der Waals surface area contributed by atoms with E-state index in [2.05, 4.69) is 10.0 Å². The summed E-state index contributed by atoms with van der Waals surface area (Å²) in [5.74, 6) is -2.07. The van der Waals surface area contributed by atoms with Crippen LogP contribution in [0.2, 0.25) is 5.02 Å². The molecule has 0 N–H and O–H groups in total. The fourth-order valence-electron chi connectivity index (χ4n) is 1.56. The third-order valence-corrected chi connectivity index (χ3v) is 2.83. The standard InChI is InChI=1S/C11H7ClN4O4/c12-7-2-1-6(5-8(7)14-15-13)11(19)20-16-9(17)3-4-10(16)18/h1-2,5H,3-4H2. The summed E-state index contributed by atoms with van der Waals surface area (Å²) in [4.78, 5) is 41.7. The van der Waals surface area contributed by atoms with Crippen molar-refractivity contribution in [3.05, 3.63) is 39.2 Å². The van der Waals surface area contributed by atoms with Crippen LogP contribution in [0.5, 0.6) is 0 Å². The van der Waals surface area contributed by atoms with Gasteiger partial charge in [-0.15, -0.1) is 5.06 Å². The second-order valence-corrected chi connectivity index (χ2v) is 4.22. The number of nitrogens with zero attached hydrogens (tertiary/aromatic N) is 4. The number of imide groups is 1. The van der Waals surface area contributed by atoms with Crippen LogP contribution in [0.15, 0.2) is 23.3 Å². The number of halogens is 1. The van der Waals surface area contributed by atoms with E-state index in [4.69, 9.17) is 22.0 Å². The fraction of sp³-hybridized carbons (Fsp3) is 0.182. The number of hydroxylamine groups is 2. The monoisotopic (exact) mass is 294 g/mol. The molecule has 1 aliphatic heterocycles. The summed E-state index contributed by atoms with van der Waals surface area (Å²) >= 11 is 5.76. The molecule has 9 heteroatoms. The molecular weight excluding hydrogens is 288 g/mol. The first-order valence-corrected chi connectivity index (χ1v) is 5.83. The Morgan fingerprint density at radius 2 is 2.00 bits per heavy atom. The fourth-order valence-corrected chi connectivity index (χ4v) is 1.71. The summed E-state index contributed by atoms with van der Waals surface area (Å²) in [6, 6.07) is 3.87. The van der Waals surface area contributed by atoms with Gasteiger partial charge in [-0.25, -0.2) is 4.79 Å². The van der Waals surface area contributed by atoms with Gasteiger partial charge in [-0.2, -0.15) is 0 Å². The molecule has 0 atom stereocenters. The molecule has 1 fully saturated rings. The second-order valence-electron chi connectivity index (χ2n) is 3.82. The lowest BCUT2D eigenvalue weighted by Crippen LogP contribution is -2.32. The molecule has 1 saturated heterocycles. The molecule has 0 unspecified atom stereocenters. The van der Waals surface area contributed by atoms with Gasteiger partial charge in [0.15, 0.2) is 0 Å². The third kappa shape index (κ3) is 2.71. The SMILES string of the molecule is [N-]=[N+]=Nc1cc(C(=O)ON2C(=O)CCC2=O)ccc1Cl. The number of azide groups is 1. The molecule has 1 aromatic carbocycles. The maximum absolute atomic E-state index is 11.8. The molecule has 20 heavy (non-hydrogen) atoms. The van der Waals surface area contributed by atoms with Gasteiger partial charge in [0.2, 0.25) is 0 Å². The number of rotatable bonds is 3. The summed E-state index contributed by atoms with van der Waals surface area (Å²) in [6.45, 7) is 0. The van der Waals surface area contributed by atoms with Crippen molar-refractivity contribution in [1.29, 1.82) is 0 Å². The molecule has 0 spiro atoms. The number of amides is 2. The smallest absolute Gasteiger partial charge is 0.325 e. The first-order valence-electron chi connectivity index (χ1n) is 5.45. The Bertz CT molecular complexity index is 638. The zero-order chi connectivity index (χ0) is 14.7. The van der Waals surface area contributed by atoms with Gasteiger partial charge in [0.25, 0.3) is 11.8 Å². The predicted molar refractivity (Wildman–Crippen MR) is 66.8 cm³/mol. The first-order chi connectivity index (χ1) is 9.52. The molecular formula is C11H7ClN4O4. The van der Waals surface area contributed by atoms with Gasteiger partial charge in [0.1, 0.15) is 0 Å². The second kappa shape index (κ2) is 5.60. The van der Waals surface area contributed by atoms with Crippen molar-refractivity contribution in [3.63, 3.8) is 0 Å². The molecule has 0 radical (unpaired) electrons. The first kappa shape index (κ1) is 13.9. The average molecular weight is 295 g/mol. The number of hydrogen-bond acceptors (Lipinski definition) is 5. The van der Waals surface area contributed by atoms with Crippen LogP contribution in [0.3, 0.4) is 0 Å². The summed E-state index contributed by atoms with van der Waals surface area (Å²) in [7, 11) is 0. The van der Waals surface area contributed by atoms with E-state index >= 15 is 0 Å². The lowest BCUT2D eigenvalue weighted by molar-refractivity contribution is -0.172. The van der Waals surface area contributed by atoms with Gasteiger partial charge in [-0.05, 0) is 23.7 Å². The van der Waals surface area contributed by atoms with Crippen molar-refractivity contribution in [1.82, 2.24) is 5.06 Å². The summed E-state index contributed by atoms with van der Waals surface area (Å²) in [6.07, 6.45) is 0.0212. The van der Waals surface area contributed by atoms with Gasteiger partial charge in [0, 0.05) is 17.8 Å². The van der Waals surface area contributed by atoms with E-state index in [-0.39, 0.29) is 29.1 Å². The van der Waals surface area contributed by atoms with Gasteiger partial charge >= 0.3 is 5.97 Å². The Morgan fingerprint density at radius 1 is 1.35 bits per heavy atom. The Labute approximate surface area is 117 Å². The number of hydrogen-bond donors (Lipinski definition) is 0. The Hall–Kier alpha value is -2.57. The van der Waals surface area contributed by atoms with Crippen LogP contribution in [-0.4, -0.2) is 22.8 Å². The van der Waals surface area contributed by atoms with Crippen molar-refractivity contribution < 1.29 is 19.2 Å². The third-order valence-electron chi connectivity index (χ3n) is 2.51. The van der Waals surface area contributed by atoms with E-state index in [1.807, 2.05) is 0 Å². The highest BCUT2D eigenvalue weighted by molar-refractivity contribution is 6.33. The Kier molecular flexibility index (Phi) is 3.88. The van der Waals surface area contributed by atoms with Crippen LogP contribution < -0.4 is 0 Å². The van der Waals surface area contributed by atoms with Crippen LogP contribution in [0, 0.1) is 0 Å². The molecule has 1 aromatic rings. The minimum atomic E-state index is -0.917. The van der Waals surface area contributed by atoms with E-state index in [9.17, 15) is 14.4 Å². The Balaban J connectivity index is 2.21. The molecule has 0 saturated carbocycles. The molecule has 1 aliphatic rings. The van der Waals surface area contributed by atoms with Gasteiger partial charge in [-0.1, -0.05) is 16.7 Å². The van der Waals surface area contributed by atoms with E-state index in [0.29, 0.717) is 5.06 Å². The molecule has 2 rings (SSSR count). The molecule has 1 heterocycles. The van der Waals surface area contributed by atoms with Crippen molar-refractivity contribution in [2.24, 2.45) is 5.11 Å². The van der Waals surface area contributed by atoms with Crippen LogP contribution in [0.25, 0.3) is 10.4 Å². The zero-order valence-electron chi connectivity index (χ0n) is 9.95. The van der Waals surface area contributed by atoms with Gasteiger partial charge in [-0.3, -0.25) is 9.59 Å². The van der Waals surface area contributed by atoms with E-state index < -0.39 is 17.8 Å². The summed E-state index contributed by atoms with van der Waals surface area (Å²) in [5, 5.41) is 3.90. The highest BCUT2D eigenvalue weighted by Crippen LogP contribution is 2.26. The lowest BCUT2D eigenvalue weighted by Gasteiger charge is -2.12. The highest BCUT2D eigenvalue weighted by atomic mass is 35.5. The number of carbonyl (C=O) groups is 3. The zero-order valence-corrected chi connectivity index (χ0v) is 10.7. The van der Waals surface area contributed by atoms with Crippen molar-refractivity contribution in [2.45, 2.75) is 12.8 Å². The topological polar surface area (TPSA) is 112 Å². The van der Waals surface area contributed by atoms with Crippen molar-refractivity contribution in [3.8, 4) is 0 Å². The average Bonchev–Trinajstić information content (AvgIpc) is 2.73. The van der Waals surface area contributed by atoms with E-state index in [1.165, 1.54) is 18.2 Å². The van der Waals surface area contributed by atoms with Crippen LogP contribution in [0.1, 0.15) is 23.2 Å². The minimum Gasteiger partial charge on any atom is -0.325 e. The van der Waals surface area contributed by atoms with Gasteiger partial charge in [0.05, 0.1) is 16.3 Å². The molecule has 2 amide bonds.